The Labute approximate surface area is 113 Å². The van der Waals surface area contributed by atoms with E-state index in [1.54, 1.807) is 0 Å². The van der Waals surface area contributed by atoms with Crippen LogP contribution in [0.2, 0.25) is 0 Å². The van der Waals surface area contributed by atoms with Crippen molar-refractivity contribution in [1.29, 1.82) is 0 Å². The molecule has 4 heteroatoms. The van der Waals surface area contributed by atoms with E-state index in [2.05, 4.69) is 6.92 Å². The minimum Gasteiger partial charge on any atom is -0.489 e. The molecular weight excluding hydrogens is 242 g/mol. The van der Waals surface area contributed by atoms with Crippen LogP contribution in [0.5, 0.6) is 5.75 Å². The van der Waals surface area contributed by atoms with Gasteiger partial charge in [-0.15, -0.1) is 0 Å². The molecule has 1 aromatic rings. The van der Waals surface area contributed by atoms with Crippen molar-refractivity contribution in [2.24, 2.45) is 0 Å². The van der Waals surface area contributed by atoms with E-state index in [9.17, 15) is 4.79 Å². The molecule has 2 unspecified atom stereocenters. The van der Waals surface area contributed by atoms with Crippen molar-refractivity contribution in [2.45, 2.75) is 38.7 Å². The average Bonchev–Trinajstić information content (AvgIpc) is 2.75. The third-order valence-electron chi connectivity index (χ3n) is 4.00. The van der Waals surface area contributed by atoms with Crippen LogP contribution < -0.4 is 4.74 Å². The zero-order chi connectivity index (χ0) is 13.4. The van der Waals surface area contributed by atoms with Crippen LogP contribution in [-0.2, 0) is 4.84 Å². The molecule has 3 rings (SSSR count). The van der Waals surface area contributed by atoms with Gasteiger partial charge < -0.3 is 4.74 Å². The number of hydrogen-bond donors (Lipinski definition) is 0. The third-order valence-corrected chi connectivity index (χ3v) is 4.00. The highest BCUT2D eigenvalue weighted by atomic mass is 16.7. The molecule has 0 bridgehead atoms. The van der Waals surface area contributed by atoms with Crippen LogP contribution in [-0.4, -0.2) is 30.2 Å². The van der Waals surface area contributed by atoms with Gasteiger partial charge in [0, 0.05) is 18.0 Å². The summed E-state index contributed by atoms with van der Waals surface area (Å²) in [7, 11) is 0. The molecule has 19 heavy (non-hydrogen) atoms. The van der Waals surface area contributed by atoms with Gasteiger partial charge in [-0.1, -0.05) is 19.1 Å². The molecule has 0 radical (unpaired) electrons. The first kappa shape index (κ1) is 12.5. The van der Waals surface area contributed by atoms with Crippen LogP contribution in [0.1, 0.15) is 48.5 Å². The fourth-order valence-electron chi connectivity index (χ4n) is 2.65. The van der Waals surface area contributed by atoms with Gasteiger partial charge in [0.15, 0.2) is 0 Å². The minimum atomic E-state index is -0.0853. The summed E-state index contributed by atoms with van der Waals surface area (Å²) in [5, 5.41) is 1.47. The van der Waals surface area contributed by atoms with Crippen molar-refractivity contribution in [3.8, 4) is 5.75 Å². The van der Waals surface area contributed by atoms with Gasteiger partial charge in [-0.25, -0.2) is 5.06 Å². The molecule has 0 aliphatic carbocycles. The van der Waals surface area contributed by atoms with Crippen molar-refractivity contribution in [1.82, 2.24) is 5.06 Å². The Hall–Kier alpha value is -1.55. The van der Waals surface area contributed by atoms with E-state index in [1.165, 1.54) is 5.06 Å². The number of para-hydroxylation sites is 1. The molecule has 0 spiro atoms. The molecule has 2 aliphatic rings. The zero-order valence-corrected chi connectivity index (χ0v) is 11.4. The normalized spacial score (nSPS) is 25.9. The van der Waals surface area contributed by atoms with E-state index in [-0.39, 0.29) is 12.0 Å². The standard InChI is InChI=1S/C15H19NO3/c1-10-11(2)19-14-12(10)6-5-7-13(14)15(17)16-8-3-4-9-18-16/h5-7,10-11H,3-4,8-9H2,1-2H3. The highest BCUT2D eigenvalue weighted by Crippen LogP contribution is 2.40. The number of amides is 1. The van der Waals surface area contributed by atoms with E-state index in [1.807, 2.05) is 25.1 Å². The van der Waals surface area contributed by atoms with Crippen LogP contribution in [0.3, 0.4) is 0 Å². The van der Waals surface area contributed by atoms with Gasteiger partial charge >= 0.3 is 0 Å². The lowest BCUT2D eigenvalue weighted by Crippen LogP contribution is -2.35. The summed E-state index contributed by atoms with van der Waals surface area (Å²) < 4.78 is 5.86. The summed E-state index contributed by atoms with van der Waals surface area (Å²) in [5.74, 6) is 0.976. The van der Waals surface area contributed by atoms with Gasteiger partial charge in [0.05, 0.1) is 12.2 Å². The number of nitrogens with zero attached hydrogens (tertiary/aromatic N) is 1. The van der Waals surface area contributed by atoms with Gasteiger partial charge in [-0.3, -0.25) is 9.63 Å². The number of carbonyl (C=O) groups is 1. The second-order valence-electron chi connectivity index (χ2n) is 5.28. The van der Waals surface area contributed by atoms with Crippen molar-refractivity contribution in [3.05, 3.63) is 29.3 Å². The van der Waals surface area contributed by atoms with Crippen LogP contribution >= 0.6 is 0 Å². The van der Waals surface area contributed by atoms with Gasteiger partial charge in [-0.2, -0.15) is 0 Å². The molecule has 2 heterocycles. The van der Waals surface area contributed by atoms with Crippen LogP contribution in [0.15, 0.2) is 18.2 Å². The molecule has 1 amide bonds. The SMILES string of the molecule is CC1Oc2c(C(=O)N3CCCCO3)cccc2C1C. The quantitative estimate of drug-likeness (QED) is 0.780. The third kappa shape index (κ3) is 2.10. The largest absolute Gasteiger partial charge is 0.489 e. The highest BCUT2D eigenvalue weighted by Gasteiger charge is 2.32. The fourth-order valence-corrected chi connectivity index (χ4v) is 2.65. The fraction of sp³-hybridized carbons (Fsp3) is 0.533. The summed E-state index contributed by atoms with van der Waals surface area (Å²) in [6, 6.07) is 5.79. The van der Waals surface area contributed by atoms with Gasteiger partial charge in [0.1, 0.15) is 11.9 Å². The topological polar surface area (TPSA) is 38.8 Å². The number of ether oxygens (including phenoxy) is 1. The molecule has 102 valence electrons. The van der Waals surface area contributed by atoms with Crippen molar-refractivity contribution >= 4 is 5.91 Å². The molecule has 1 saturated heterocycles. The molecule has 0 saturated carbocycles. The van der Waals surface area contributed by atoms with E-state index in [0.717, 1.165) is 24.2 Å². The van der Waals surface area contributed by atoms with Crippen molar-refractivity contribution < 1.29 is 14.4 Å². The second-order valence-corrected chi connectivity index (χ2v) is 5.28. The lowest BCUT2D eigenvalue weighted by atomic mass is 9.97. The summed E-state index contributed by atoms with van der Waals surface area (Å²) in [6.45, 7) is 5.44. The molecule has 2 atom stereocenters. The number of carbonyl (C=O) groups excluding carboxylic acids is 1. The number of hydroxylamine groups is 2. The second kappa shape index (κ2) is 4.85. The molecule has 0 aromatic heterocycles. The summed E-state index contributed by atoms with van der Waals surface area (Å²) in [5.41, 5.74) is 1.74. The van der Waals surface area contributed by atoms with Gasteiger partial charge in [0.2, 0.25) is 0 Å². The Bertz CT molecular complexity index is 494. The Balaban J connectivity index is 1.92. The smallest absolute Gasteiger partial charge is 0.281 e. The average molecular weight is 261 g/mol. The van der Waals surface area contributed by atoms with E-state index >= 15 is 0 Å². The van der Waals surface area contributed by atoms with E-state index < -0.39 is 0 Å². The van der Waals surface area contributed by atoms with E-state index in [4.69, 9.17) is 9.57 Å². The predicted molar refractivity (Wildman–Crippen MR) is 71.2 cm³/mol. The summed E-state index contributed by atoms with van der Waals surface area (Å²) in [6.07, 6.45) is 2.13. The predicted octanol–water partition coefficient (Wildman–Crippen LogP) is 2.74. The number of fused-ring (bicyclic) bond motifs is 1. The molecule has 0 N–H and O–H groups in total. The Morgan fingerprint density at radius 3 is 2.89 bits per heavy atom. The number of hydrogen-bond acceptors (Lipinski definition) is 3. The molecule has 1 fully saturated rings. The van der Waals surface area contributed by atoms with Crippen LogP contribution in [0, 0.1) is 0 Å². The Morgan fingerprint density at radius 2 is 2.16 bits per heavy atom. The van der Waals surface area contributed by atoms with Gasteiger partial charge in [-0.05, 0) is 25.8 Å². The van der Waals surface area contributed by atoms with Crippen LogP contribution in [0.25, 0.3) is 0 Å². The summed E-state index contributed by atoms with van der Waals surface area (Å²) in [4.78, 5) is 17.9. The number of benzene rings is 1. The maximum Gasteiger partial charge on any atom is 0.281 e. The first-order valence-electron chi connectivity index (χ1n) is 6.93. The maximum absolute atomic E-state index is 12.5. The molecule has 4 nitrogen and oxygen atoms in total. The first-order chi connectivity index (χ1) is 9.18. The molecule has 1 aromatic carbocycles. The number of rotatable bonds is 1. The highest BCUT2D eigenvalue weighted by molar-refractivity contribution is 5.97. The van der Waals surface area contributed by atoms with Crippen molar-refractivity contribution in [2.75, 3.05) is 13.2 Å². The Morgan fingerprint density at radius 1 is 1.32 bits per heavy atom. The van der Waals surface area contributed by atoms with Crippen molar-refractivity contribution in [3.63, 3.8) is 0 Å². The summed E-state index contributed by atoms with van der Waals surface area (Å²) >= 11 is 0. The monoisotopic (exact) mass is 261 g/mol. The zero-order valence-electron chi connectivity index (χ0n) is 11.4. The van der Waals surface area contributed by atoms with Gasteiger partial charge in [0.25, 0.3) is 5.91 Å². The Kier molecular flexibility index (Phi) is 3.19. The maximum atomic E-state index is 12.5. The minimum absolute atomic E-state index is 0.0853. The molecule has 2 aliphatic heterocycles. The lowest BCUT2D eigenvalue weighted by molar-refractivity contribution is -0.144. The lowest BCUT2D eigenvalue weighted by Gasteiger charge is -2.26. The van der Waals surface area contributed by atoms with E-state index in [0.29, 0.717) is 24.6 Å². The first-order valence-corrected chi connectivity index (χ1v) is 6.93. The molecular formula is C15H19NO3. The van der Waals surface area contributed by atoms with Crippen LogP contribution in [0.4, 0.5) is 0 Å².